The second-order valence-electron chi connectivity index (χ2n) is 4.90. The molecule has 0 radical (unpaired) electrons. The van der Waals surface area contributed by atoms with Gasteiger partial charge in [0, 0.05) is 6.61 Å². The number of aromatic nitrogens is 2. The van der Waals surface area contributed by atoms with Crippen LogP contribution in [0.4, 0.5) is 5.69 Å². The molecule has 1 atom stereocenters. The van der Waals surface area contributed by atoms with Crippen molar-refractivity contribution in [1.29, 1.82) is 0 Å². The highest BCUT2D eigenvalue weighted by molar-refractivity contribution is 6.37. The number of nitrogens with two attached hydrogens (primary N) is 1. The summed E-state index contributed by atoms with van der Waals surface area (Å²) < 4.78 is 10.9. The van der Waals surface area contributed by atoms with E-state index in [0.29, 0.717) is 33.7 Å². The maximum Gasteiger partial charge on any atom is 0.261 e. The molecule has 0 spiro atoms. The van der Waals surface area contributed by atoms with E-state index < -0.39 is 0 Å². The van der Waals surface area contributed by atoms with Gasteiger partial charge in [0.15, 0.2) is 0 Å². The van der Waals surface area contributed by atoms with Crippen molar-refractivity contribution in [3.63, 3.8) is 0 Å². The summed E-state index contributed by atoms with van der Waals surface area (Å²) in [5.74, 6) is 0.917. The van der Waals surface area contributed by atoms with Crippen molar-refractivity contribution in [2.24, 2.45) is 5.92 Å². The van der Waals surface area contributed by atoms with E-state index in [-0.39, 0.29) is 17.9 Å². The molecule has 0 amide bonds. The number of nitrogen functional groups attached to an aromatic ring is 1. The Hall–Kier alpha value is -1.30. The molecule has 2 rings (SSSR count). The fourth-order valence-electron chi connectivity index (χ4n) is 1.98. The molecule has 5 nitrogen and oxygen atoms in total. The van der Waals surface area contributed by atoms with Crippen molar-refractivity contribution in [2.75, 3.05) is 12.3 Å². The largest absolute Gasteiger partial charge is 0.397 e. The van der Waals surface area contributed by atoms with Crippen molar-refractivity contribution in [1.82, 2.24) is 10.1 Å². The van der Waals surface area contributed by atoms with Crippen LogP contribution >= 0.6 is 23.2 Å². The van der Waals surface area contributed by atoms with Crippen LogP contribution in [0.3, 0.4) is 0 Å². The minimum Gasteiger partial charge on any atom is -0.397 e. The maximum absolute atomic E-state index is 6.15. The molecule has 0 aliphatic carbocycles. The van der Waals surface area contributed by atoms with Gasteiger partial charge in [-0.15, -0.1) is 0 Å². The Morgan fingerprint density at radius 3 is 2.57 bits per heavy atom. The molecule has 114 valence electrons. The predicted molar refractivity (Wildman–Crippen MR) is 83.4 cm³/mol. The maximum atomic E-state index is 6.15. The van der Waals surface area contributed by atoms with Gasteiger partial charge in [0.2, 0.25) is 5.82 Å². The van der Waals surface area contributed by atoms with Crippen molar-refractivity contribution in [2.45, 2.75) is 26.9 Å². The van der Waals surface area contributed by atoms with E-state index in [1.54, 1.807) is 12.1 Å². The number of anilines is 1. The molecule has 0 aliphatic rings. The Morgan fingerprint density at radius 1 is 1.29 bits per heavy atom. The molecular formula is C14H17Cl2N3O2. The summed E-state index contributed by atoms with van der Waals surface area (Å²) in [5, 5.41) is 4.77. The zero-order valence-corrected chi connectivity index (χ0v) is 13.6. The van der Waals surface area contributed by atoms with Gasteiger partial charge < -0.3 is 15.0 Å². The topological polar surface area (TPSA) is 74.2 Å². The van der Waals surface area contributed by atoms with E-state index in [4.69, 9.17) is 38.2 Å². The summed E-state index contributed by atoms with van der Waals surface area (Å²) >= 11 is 12.2. The Bertz CT molecular complexity index is 629. The fraction of sp³-hybridized carbons (Fsp3) is 0.429. The van der Waals surface area contributed by atoms with Gasteiger partial charge in [0.1, 0.15) is 6.10 Å². The highest BCUT2D eigenvalue weighted by atomic mass is 35.5. The van der Waals surface area contributed by atoms with Gasteiger partial charge in [-0.25, -0.2) is 0 Å². The molecule has 7 heteroatoms. The fourth-order valence-corrected chi connectivity index (χ4v) is 2.38. The Balaban J connectivity index is 2.43. The molecule has 1 unspecified atom stereocenters. The van der Waals surface area contributed by atoms with Crippen LogP contribution in [0.15, 0.2) is 16.7 Å². The smallest absolute Gasteiger partial charge is 0.261 e. The highest BCUT2D eigenvalue weighted by Gasteiger charge is 2.24. The molecule has 0 saturated carbocycles. The van der Waals surface area contributed by atoms with Crippen molar-refractivity contribution < 1.29 is 9.26 Å². The van der Waals surface area contributed by atoms with Crippen molar-refractivity contribution in [3.05, 3.63) is 28.0 Å². The molecule has 0 saturated heterocycles. The lowest BCUT2D eigenvalue weighted by Crippen LogP contribution is -2.12. The van der Waals surface area contributed by atoms with E-state index in [0.717, 1.165) is 0 Å². The number of hydrogen-bond donors (Lipinski definition) is 1. The summed E-state index contributed by atoms with van der Waals surface area (Å²) in [6.45, 7) is 6.53. The summed E-state index contributed by atoms with van der Waals surface area (Å²) in [5.41, 5.74) is 6.71. The molecule has 21 heavy (non-hydrogen) atoms. The molecular weight excluding hydrogens is 313 g/mol. The first-order valence-corrected chi connectivity index (χ1v) is 7.40. The van der Waals surface area contributed by atoms with Gasteiger partial charge in [-0.05, 0) is 25.0 Å². The standard InChI is InChI=1S/C14H17Cl2N3O2/c1-4-20-12(7(2)3)13-18-14(21-19-13)10-8(15)5-6-9(16)11(10)17/h5-7,12H,4,17H2,1-3H3. The zero-order chi connectivity index (χ0) is 15.6. The lowest BCUT2D eigenvalue weighted by molar-refractivity contribution is 0.0217. The van der Waals surface area contributed by atoms with Crippen LogP contribution in [0.5, 0.6) is 0 Å². The van der Waals surface area contributed by atoms with Gasteiger partial charge in [-0.1, -0.05) is 42.2 Å². The van der Waals surface area contributed by atoms with E-state index in [1.165, 1.54) is 0 Å². The molecule has 0 fully saturated rings. The van der Waals surface area contributed by atoms with Gasteiger partial charge >= 0.3 is 0 Å². The molecule has 1 heterocycles. The third kappa shape index (κ3) is 3.31. The number of rotatable bonds is 5. The van der Waals surface area contributed by atoms with Gasteiger partial charge in [0.05, 0.1) is 21.3 Å². The van der Waals surface area contributed by atoms with Gasteiger partial charge in [-0.3, -0.25) is 0 Å². The molecule has 0 aliphatic heterocycles. The second kappa shape index (κ2) is 6.64. The quantitative estimate of drug-likeness (QED) is 0.825. The number of nitrogens with zero attached hydrogens (tertiary/aromatic N) is 2. The van der Waals surface area contributed by atoms with E-state index in [1.807, 2.05) is 20.8 Å². The minimum absolute atomic E-state index is 0.211. The van der Waals surface area contributed by atoms with Crippen molar-refractivity contribution >= 4 is 28.9 Å². The number of halogens is 2. The van der Waals surface area contributed by atoms with Crippen LogP contribution in [0.25, 0.3) is 11.5 Å². The summed E-state index contributed by atoms with van der Waals surface area (Å²) in [7, 11) is 0. The monoisotopic (exact) mass is 329 g/mol. The number of hydrogen-bond acceptors (Lipinski definition) is 5. The highest BCUT2D eigenvalue weighted by Crippen LogP contribution is 2.37. The molecule has 1 aromatic carbocycles. The normalized spacial score (nSPS) is 12.9. The number of ether oxygens (including phenoxy) is 1. The average Bonchev–Trinajstić information content (AvgIpc) is 2.89. The van der Waals surface area contributed by atoms with Crippen LogP contribution in [-0.4, -0.2) is 16.7 Å². The van der Waals surface area contributed by atoms with Crippen LogP contribution < -0.4 is 5.73 Å². The van der Waals surface area contributed by atoms with E-state index in [9.17, 15) is 0 Å². The van der Waals surface area contributed by atoms with Gasteiger partial charge in [0.25, 0.3) is 5.89 Å². The minimum atomic E-state index is -0.244. The summed E-state index contributed by atoms with van der Waals surface area (Å²) in [4.78, 5) is 4.36. The molecule has 1 aromatic heterocycles. The van der Waals surface area contributed by atoms with Crippen LogP contribution in [-0.2, 0) is 4.74 Å². The average molecular weight is 330 g/mol. The Kier molecular flexibility index (Phi) is 5.08. The summed E-state index contributed by atoms with van der Waals surface area (Å²) in [6, 6.07) is 3.26. The lowest BCUT2D eigenvalue weighted by Gasteiger charge is -2.16. The summed E-state index contributed by atoms with van der Waals surface area (Å²) in [6.07, 6.45) is -0.244. The molecule has 2 aromatic rings. The van der Waals surface area contributed by atoms with E-state index in [2.05, 4.69) is 10.1 Å². The first-order valence-electron chi connectivity index (χ1n) is 6.64. The van der Waals surface area contributed by atoms with Crippen LogP contribution in [0, 0.1) is 5.92 Å². The van der Waals surface area contributed by atoms with Crippen LogP contribution in [0.2, 0.25) is 10.0 Å². The van der Waals surface area contributed by atoms with Gasteiger partial charge in [-0.2, -0.15) is 4.98 Å². The second-order valence-corrected chi connectivity index (χ2v) is 5.71. The molecule has 2 N–H and O–H groups in total. The SMILES string of the molecule is CCOC(c1noc(-c2c(Cl)ccc(Cl)c2N)n1)C(C)C. The third-order valence-electron chi connectivity index (χ3n) is 3.00. The van der Waals surface area contributed by atoms with E-state index >= 15 is 0 Å². The Morgan fingerprint density at radius 2 is 1.95 bits per heavy atom. The Labute approximate surface area is 133 Å². The first-order chi connectivity index (χ1) is 9.95. The first kappa shape index (κ1) is 16.1. The van der Waals surface area contributed by atoms with Crippen LogP contribution in [0.1, 0.15) is 32.7 Å². The molecule has 0 bridgehead atoms. The number of benzene rings is 1. The lowest BCUT2D eigenvalue weighted by atomic mass is 10.1. The van der Waals surface area contributed by atoms with Crippen molar-refractivity contribution in [3.8, 4) is 11.5 Å². The predicted octanol–water partition coefficient (Wildman–Crippen LogP) is 4.36. The zero-order valence-electron chi connectivity index (χ0n) is 12.1. The third-order valence-corrected chi connectivity index (χ3v) is 3.65.